The van der Waals surface area contributed by atoms with Crippen molar-refractivity contribution in [3.05, 3.63) is 35.0 Å². The lowest BCUT2D eigenvalue weighted by molar-refractivity contribution is -0.139. The van der Waals surface area contributed by atoms with Crippen LogP contribution in [0.15, 0.2) is 34.1 Å². The third kappa shape index (κ3) is 3.35. The molecular formula is C17H18N4O5S. The third-order valence-electron chi connectivity index (χ3n) is 4.02. The number of benzene rings is 1. The number of carbonyl (C=O) groups excluding carboxylic acids is 2. The molecule has 0 saturated heterocycles. The molecule has 0 aliphatic carbocycles. The van der Waals surface area contributed by atoms with Gasteiger partial charge in [0.05, 0.1) is 18.8 Å². The lowest BCUT2D eigenvalue weighted by Crippen LogP contribution is -2.51. The van der Waals surface area contributed by atoms with Crippen LogP contribution in [0.3, 0.4) is 0 Å². The SMILES string of the molecule is CCOC(=O)C1=C(C)NC(=S)N(C(=O)OCC)C1c1cccc2nonc12. The van der Waals surface area contributed by atoms with Gasteiger partial charge in [0.25, 0.3) is 0 Å². The van der Waals surface area contributed by atoms with Crippen molar-refractivity contribution in [3.8, 4) is 0 Å². The van der Waals surface area contributed by atoms with Crippen LogP contribution in [0.5, 0.6) is 0 Å². The van der Waals surface area contributed by atoms with Gasteiger partial charge in [-0.15, -0.1) is 0 Å². The van der Waals surface area contributed by atoms with Crippen molar-refractivity contribution >= 4 is 40.4 Å². The first-order valence-corrected chi connectivity index (χ1v) is 8.76. The number of thiocarbonyl (C=S) groups is 1. The van der Waals surface area contributed by atoms with E-state index in [9.17, 15) is 9.59 Å². The summed E-state index contributed by atoms with van der Waals surface area (Å²) in [5.41, 5.74) is 2.14. The minimum absolute atomic E-state index is 0.109. The number of allylic oxidation sites excluding steroid dienone is 1. The van der Waals surface area contributed by atoms with E-state index in [1.54, 1.807) is 39.0 Å². The predicted octanol–water partition coefficient (Wildman–Crippen LogP) is 2.45. The molecule has 10 heteroatoms. The molecule has 9 nitrogen and oxygen atoms in total. The minimum atomic E-state index is -0.896. The standard InChI is InChI=1S/C17H18N4O5S/c1-4-24-15(22)12-9(3)18-16(27)21(17(23)25-5-2)14(12)10-7-6-8-11-13(10)20-26-19-11/h6-8,14H,4-5H2,1-3H3,(H,18,27). The van der Waals surface area contributed by atoms with Crippen molar-refractivity contribution in [2.45, 2.75) is 26.8 Å². The molecule has 0 radical (unpaired) electrons. The van der Waals surface area contributed by atoms with Gasteiger partial charge >= 0.3 is 12.1 Å². The monoisotopic (exact) mass is 390 g/mol. The van der Waals surface area contributed by atoms with Gasteiger partial charge in [0.1, 0.15) is 17.1 Å². The highest BCUT2D eigenvalue weighted by molar-refractivity contribution is 7.80. The molecule has 1 aromatic carbocycles. The fourth-order valence-corrected chi connectivity index (χ4v) is 3.27. The van der Waals surface area contributed by atoms with Gasteiger partial charge in [-0.25, -0.2) is 19.1 Å². The van der Waals surface area contributed by atoms with Gasteiger partial charge < -0.3 is 14.8 Å². The first kappa shape index (κ1) is 18.8. The van der Waals surface area contributed by atoms with Crippen molar-refractivity contribution in [1.82, 2.24) is 20.5 Å². The maximum atomic E-state index is 12.7. The third-order valence-corrected chi connectivity index (χ3v) is 4.32. The minimum Gasteiger partial charge on any atom is -0.463 e. The van der Waals surface area contributed by atoms with E-state index in [-0.39, 0.29) is 23.9 Å². The summed E-state index contributed by atoms with van der Waals surface area (Å²) in [5.74, 6) is -0.572. The molecule has 2 heterocycles. The number of hydrogen-bond acceptors (Lipinski definition) is 8. The number of esters is 1. The molecule has 3 rings (SSSR count). The average molecular weight is 390 g/mol. The number of hydrogen-bond donors (Lipinski definition) is 1. The topological polar surface area (TPSA) is 107 Å². The normalized spacial score (nSPS) is 17.1. The zero-order valence-electron chi connectivity index (χ0n) is 15.0. The number of carbonyl (C=O) groups is 2. The highest BCUT2D eigenvalue weighted by atomic mass is 32.1. The molecule has 0 bridgehead atoms. The Morgan fingerprint density at radius 1 is 1.26 bits per heavy atom. The first-order chi connectivity index (χ1) is 13.0. The summed E-state index contributed by atoms with van der Waals surface area (Å²) >= 11 is 5.35. The van der Waals surface area contributed by atoms with E-state index in [4.69, 9.17) is 26.3 Å². The van der Waals surface area contributed by atoms with Crippen molar-refractivity contribution < 1.29 is 23.7 Å². The molecule has 1 atom stereocenters. The quantitative estimate of drug-likeness (QED) is 0.622. The van der Waals surface area contributed by atoms with Crippen molar-refractivity contribution in [2.24, 2.45) is 0 Å². The van der Waals surface area contributed by atoms with Crippen LogP contribution >= 0.6 is 12.2 Å². The van der Waals surface area contributed by atoms with Crippen LogP contribution < -0.4 is 5.32 Å². The Morgan fingerprint density at radius 3 is 2.70 bits per heavy atom. The van der Waals surface area contributed by atoms with E-state index in [1.807, 2.05) is 0 Å². The zero-order chi connectivity index (χ0) is 19.6. The van der Waals surface area contributed by atoms with Crippen molar-refractivity contribution in [1.29, 1.82) is 0 Å². The molecule has 1 N–H and O–H groups in total. The maximum absolute atomic E-state index is 12.7. The number of aromatic nitrogens is 2. The van der Waals surface area contributed by atoms with E-state index < -0.39 is 18.1 Å². The summed E-state index contributed by atoms with van der Waals surface area (Å²) in [6.45, 7) is 5.41. The average Bonchev–Trinajstić information content (AvgIpc) is 3.10. The molecule has 1 aliphatic heterocycles. The van der Waals surface area contributed by atoms with E-state index in [2.05, 4.69) is 15.6 Å². The van der Waals surface area contributed by atoms with E-state index in [0.717, 1.165) is 0 Å². The zero-order valence-corrected chi connectivity index (χ0v) is 15.8. The number of rotatable bonds is 4. The number of amides is 1. The summed E-state index contributed by atoms with van der Waals surface area (Å²) in [6, 6.07) is 4.27. The molecule has 1 aliphatic rings. The number of fused-ring (bicyclic) bond motifs is 1. The van der Waals surface area contributed by atoms with Crippen LogP contribution in [0.25, 0.3) is 11.0 Å². The summed E-state index contributed by atoms with van der Waals surface area (Å²) in [5, 5.41) is 10.7. The number of nitrogens with one attached hydrogen (secondary N) is 1. The maximum Gasteiger partial charge on any atom is 0.416 e. The van der Waals surface area contributed by atoms with Crippen LogP contribution in [0.4, 0.5) is 4.79 Å². The molecule has 27 heavy (non-hydrogen) atoms. The molecule has 142 valence electrons. The lowest BCUT2D eigenvalue weighted by Gasteiger charge is -2.37. The molecule has 0 saturated carbocycles. The Bertz CT molecular complexity index is 938. The highest BCUT2D eigenvalue weighted by Gasteiger charge is 2.42. The van der Waals surface area contributed by atoms with Crippen LogP contribution in [0, 0.1) is 0 Å². The molecule has 2 aromatic rings. The van der Waals surface area contributed by atoms with Crippen LogP contribution in [-0.2, 0) is 14.3 Å². The van der Waals surface area contributed by atoms with Gasteiger partial charge in [-0.3, -0.25) is 0 Å². The van der Waals surface area contributed by atoms with E-state index in [0.29, 0.717) is 22.3 Å². The molecule has 1 unspecified atom stereocenters. The number of nitrogens with zero attached hydrogens (tertiary/aromatic N) is 3. The van der Waals surface area contributed by atoms with Crippen LogP contribution in [-0.4, -0.2) is 45.6 Å². The van der Waals surface area contributed by atoms with Crippen molar-refractivity contribution in [2.75, 3.05) is 13.2 Å². The van der Waals surface area contributed by atoms with Gasteiger partial charge in [-0.1, -0.05) is 12.1 Å². The van der Waals surface area contributed by atoms with Crippen molar-refractivity contribution in [3.63, 3.8) is 0 Å². The molecule has 1 amide bonds. The second-order valence-corrected chi connectivity index (χ2v) is 6.03. The number of ether oxygens (including phenoxy) is 2. The predicted molar refractivity (Wildman–Crippen MR) is 98.5 cm³/mol. The second-order valence-electron chi connectivity index (χ2n) is 5.64. The van der Waals surface area contributed by atoms with Crippen LogP contribution in [0.1, 0.15) is 32.4 Å². The smallest absolute Gasteiger partial charge is 0.416 e. The Hall–Kier alpha value is -3.01. The van der Waals surface area contributed by atoms with Gasteiger partial charge in [0.2, 0.25) is 0 Å². The Kier molecular flexibility index (Phi) is 5.36. The van der Waals surface area contributed by atoms with Gasteiger partial charge in [0.15, 0.2) is 5.11 Å². The lowest BCUT2D eigenvalue weighted by atomic mass is 9.93. The summed E-state index contributed by atoms with van der Waals surface area (Å²) < 4.78 is 15.2. The van der Waals surface area contributed by atoms with Gasteiger partial charge in [0, 0.05) is 11.3 Å². The van der Waals surface area contributed by atoms with Gasteiger partial charge in [-0.05, 0) is 49.4 Å². The Balaban J connectivity index is 2.23. The molecule has 1 aromatic heterocycles. The molecular weight excluding hydrogens is 372 g/mol. The summed E-state index contributed by atoms with van der Waals surface area (Å²) in [4.78, 5) is 26.5. The Labute approximate surface area is 160 Å². The van der Waals surface area contributed by atoms with E-state index in [1.165, 1.54) is 4.90 Å². The fraction of sp³-hybridized carbons (Fsp3) is 0.353. The highest BCUT2D eigenvalue weighted by Crippen LogP contribution is 2.37. The van der Waals surface area contributed by atoms with Gasteiger partial charge in [-0.2, -0.15) is 0 Å². The largest absolute Gasteiger partial charge is 0.463 e. The second kappa shape index (κ2) is 7.70. The first-order valence-electron chi connectivity index (χ1n) is 8.35. The van der Waals surface area contributed by atoms with Crippen LogP contribution in [0.2, 0.25) is 0 Å². The fourth-order valence-electron chi connectivity index (χ4n) is 2.94. The summed E-state index contributed by atoms with van der Waals surface area (Å²) in [6.07, 6.45) is -0.692. The van der Waals surface area contributed by atoms with E-state index >= 15 is 0 Å². The molecule has 0 fully saturated rings. The molecule has 0 spiro atoms. The summed E-state index contributed by atoms with van der Waals surface area (Å²) in [7, 11) is 0. The Morgan fingerprint density at radius 2 is 2.00 bits per heavy atom.